The third kappa shape index (κ3) is 1.72. The van der Waals surface area contributed by atoms with Gasteiger partial charge in [0.1, 0.15) is 11.4 Å². The largest absolute Gasteiger partial charge is 0.346 e. The minimum Gasteiger partial charge on any atom is -0.346 e. The summed E-state index contributed by atoms with van der Waals surface area (Å²) in [7, 11) is 0. The number of pyridine rings is 1. The Morgan fingerprint density at radius 3 is 3.00 bits per heavy atom. The predicted octanol–water partition coefficient (Wildman–Crippen LogP) is 1.58. The quantitative estimate of drug-likeness (QED) is 0.820. The van der Waals surface area contributed by atoms with Crippen LogP contribution in [0.5, 0.6) is 0 Å². The summed E-state index contributed by atoms with van der Waals surface area (Å²) in [4.78, 5) is 18.6. The van der Waals surface area contributed by atoms with Gasteiger partial charge in [-0.15, -0.1) is 0 Å². The van der Waals surface area contributed by atoms with Gasteiger partial charge < -0.3 is 10.7 Å². The molecule has 84 valence electrons. The van der Waals surface area contributed by atoms with Crippen molar-refractivity contribution >= 4 is 16.8 Å². The molecule has 0 fully saturated rings. The lowest BCUT2D eigenvalue weighted by molar-refractivity contribution is -0.118. The molecule has 0 radical (unpaired) electrons. The van der Waals surface area contributed by atoms with Crippen molar-refractivity contribution in [3.05, 3.63) is 30.1 Å². The molecule has 0 bridgehead atoms. The summed E-state index contributed by atoms with van der Waals surface area (Å²) < 4.78 is 0. The molecule has 0 saturated carbocycles. The molecule has 0 aromatic carbocycles. The summed E-state index contributed by atoms with van der Waals surface area (Å²) in [6, 6.07) is 3.41. The number of rotatable bonds is 3. The molecule has 2 aromatic heterocycles. The van der Waals surface area contributed by atoms with Crippen molar-refractivity contribution in [1.29, 1.82) is 0 Å². The molecule has 2 heterocycles. The molecule has 0 unspecified atom stereocenters. The number of nitrogens with one attached hydrogen (secondary N) is 1. The van der Waals surface area contributed by atoms with Crippen molar-refractivity contribution in [2.45, 2.75) is 25.8 Å². The van der Waals surface area contributed by atoms with Crippen LogP contribution in [-0.4, -0.2) is 21.8 Å². The lowest BCUT2D eigenvalue weighted by Crippen LogP contribution is -2.33. The first-order chi connectivity index (χ1) is 7.61. The number of carbonyl (C=O) groups excluding carboxylic acids is 1. The molecule has 0 aliphatic carbocycles. The van der Waals surface area contributed by atoms with Gasteiger partial charge in [-0.1, -0.05) is 6.92 Å². The maximum atomic E-state index is 11.3. The maximum Gasteiger partial charge on any atom is 0.147 e. The molecule has 3 N–H and O–H groups in total. The Kier molecular flexibility index (Phi) is 2.75. The van der Waals surface area contributed by atoms with E-state index in [4.69, 9.17) is 5.73 Å². The molecule has 4 nitrogen and oxygen atoms in total. The van der Waals surface area contributed by atoms with Gasteiger partial charge >= 0.3 is 0 Å². The highest BCUT2D eigenvalue weighted by Gasteiger charge is 2.21. The van der Waals surface area contributed by atoms with Crippen molar-refractivity contribution in [2.24, 2.45) is 5.73 Å². The second-order valence-electron chi connectivity index (χ2n) is 4.07. The number of nitrogens with zero attached hydrogens (tertiary/aromatic N) is 1. The summed E-state index contributed by atoms with van der Waals surface area (Å²) in [5.41, 5.74) is 7.74. The van der Waals surface area contributed by atoms with Crippen molar-refractivity contribution in [2.75, 3.05) is 0 Å². The smallest absolute Gasteiger partial charge is 0.147 e. The second-order valence-corrected chi connectivity index (χ2v) is 4.07. The SMILES string of the molecule is CC(=O)[C@@H](N)[C@@H](C)c1c[nH]c2ncccc12. The molecule has 2 atom stereocenters. The number of hydrogen-bond acceptors (Lipinski definition) is 3. The van der Waals surface area contributed by atoms with Gasteiger partial charge in [-0.2, -0.15) is 0 Å². The monoisotopic (exact) mass is 217 g/mol. The molecule has 0 aliphatic heterocycles. The van der Waals surface area contributed by atoms with Gasteiger partial charge in [0.25, 0.3) is 0 Å². The highest BCUT2D eigenvalue weighted by atomic mass is 16.1. The van der Waals surface area contributed by atoms with Crippen LogP contribution in [0.4, 0.5) is 0 Å². The van der Waals surface area contributed by atoms with Crippen molar-refractivity contribution in [3.63, 3.8) is 0 Å². The Morgan fingerprint density at radius 1 is 1.56 bits per heavy atom. The van der Waals surface area contributed by atoms with Gasteiger partial charge in [0.2, 0.25) is 0 Å². The lowest BCUT2D eigenvalue weighted by atomic mass is 9.92. The highest BCUT2D eigenvalue weighted by Crippen LogP contribution is 2.26. The fourth-order valence-corrected chi connectivity index (χ4v) is 1.90. The zero-order valence-electron chi connectivity index (χ0n) is 9.40. The normalized spacial score (nSPS) is 14.9. The predicted molar refractivity (Wildman–Crippen MR) is 63.2 cm³/mol. The van der Waals surface area contributed by atoms with E-state index in [1.807, 2.05) is 25.3 Å². The Labute approximate surface area is 93.9 Å². The van der Waals surface area contributed by atoms with Gasteiger partial charge in [0, 0.05) is 23.7 Å². The van der Waals surface area contributed by atoms with Crippen molar-refractivity contribution in [1.82, 2.24) is 9.97 Å². The van der Waals surface area contributed by atoms with Crippen LogP contribution < -0.4 is 5.73 Å². The van der Waals surface area contributed by atoms with Crippen LogP contribution in [0.1, 0.15) is 25.3 Å². The summed E-state index contributed by atoms with van der Waals surface area (Å²) in [5, 5.41) is 1.03. The third-order valence-electron chi connectivity index (χ3n) is 2.98. The van der Waals surface area contributed by atoms with E-state index < -0.39 is 6.04 Å². The van der Waals surface area contributed by atoms with Crippen molar-refractivity contribution < 1.29 is 4.79 Å². The first-order valence-corrected chi connectivity index (χ1v) is 5.29. The van der Waals surface area contributed by atoms with Gasteiger partial charge in [-0.25, -0.2) is 4.98 Å². The molecule has 0 spiro atoms. The molecule has 2 aromatic rings. The highest BCUT2D eigenvalue weighted by molar-refractivity contribution is 5.85. The van der Waals surface area contributed by atoms with Crippen LogP contribution in [0.25, 0.3) is 11.0 Å². The first kappa shape index (κ1) is 10.8. The van der Waals surface area contributed by atoms with Crippen LogP contribution >= 0.6 is 0 Å². The lowest BCUT2D eigenvalue weighted by Gasteiger charge is -2.16. The molecule has 2 rings (SSSR count). The van der Waals surface area contributed by atoms with Gasteiger partial charge in [-0.05, 0) is 24.6 Å². The van der Waals surface area contributed by atoms with E-state index in [-0.39, 0.29) is 11.7 Å². The summed E-state index contributed by atoms with van der Waals surface area (Å²) in [6.45, 7) is 3.48. The first-order valence-electron chi connectivity index (χ1n) is 5.29. The van der Waals surface area contributed by atoms with E-state index in [0.717, 1.165) is 16.6 Å². The summed E-state index contributed by atoms with van der Waals surface area (Å²) in [5.74, 6) is 0.00110. The van der Waals surface area contributed by atoms with Crippen LogP contribution in [0.3, 0.4) is 0 Å². The maximum absolute atomic E-state index is 11.3. The Morgan fingerprint density at radius 2 is 2.31 bits per heavy atom. The number of Topliss-reactive ketones (excluding diaryl/α,β-unsaturated/α-hetero) is 1. The van der Waals surface area contributed by atoms with Crippen LogP contribution in [0.2, 0.25) is 0 Å². The molecule has 16 heavy (non-hydrogen) atoms. The van der Waals surface area contributed by atoms with Crippen molar-refractivity contribution in [3.8, 4) is 0 Å². The fourth-order valence-electron chi connectivity index (χ4n) is 1.90. The number of ketones is 1. The van der Waals surface area contributed by atoms with Crippen LogP contribution in [0.15, 0.2) is 24.5 Å². The number of carbonyl (C=O) groups is 1. The second kappa shape index (κ2) is 4.06. The van der Waals surface area contributed by atoms with E-state index in [2.05, 4.69) is 9.97 Å². The third-order valence-corrected chi connectivity index (χ3v) is 2.98. The minimum absolute atomic E-state index is 0.00421. The molecular formula is C12H15N3O. The van der Waals surface area contributed by atoms with E-state index in [9.17, 15) is 4.79 Å². The van der Waals surface area contributed by atoms with E-state index in [0.29, 0.717) is 0 Å². The van der Waals surface area contributed by atoms with E-state index in [1.165, 1.54) is 6.92 Å². The van der Waals surface area contributed by atoms with E-state index >= 15 is 0 Å². The number of hydrogen-bond donors (Lipinski definition) is 2. The molecular weight excluding hydrogens is 202 g/mol. The summed E-state index contributed by atoms with van der Waals surface area (Å²) >= 11 is 0. The number of aromatic nitrogens is 2. The van der Waals surface area contributed by atoms with Gasteiger partial charge in [0.15, 0.2) is 0 Å². The topological polar surface area (TPSA) is 71.8 Å². The summed E-state index contributed by atoms with van der Waals surface area (Å²) in [6.07, 6.45) is 3.61. The number of aromatic amines is 1. The number of nitrogens with two attached hydrogens (primary N) is 1. The Balaban J connectivity index is 2.44. The van der Waals surface area contributed by atoms with Gasteiger partial charge in [-0.3, -0.25) is 4.79 Å². The average Bonchev–Trinajstić information content (AvgIpc) is 2.70. The fraction of sp³-hybridized carbons (Fsp3) is 0.333. The Hall–Kier alpha value is -1.68. The molecule has 4 heteroatoms. The average molecular weight is 217 g/mol. The number of H-pyrrole nitrogens is 1. The zero-order chi connectivity index (χ0) is 11.7. The van der Waals surface area contributed by atoms with Gasteiger partial charge in [0.05, 0.1) is 6.04 Å². The zero-order valence-corrected chi connectivity index (χ0v) is 9.40. The van der Waals surface area contributed by atoms with E-state index in [1.54, 1.807) is 6.20 Å². The molecule has 0 amide bonds. The van der Waals surface area contributed by atoms with Crippen LogP contribution in [0, 0.1) is 0 Å². The molecule has 0 aliphatic rings. The number of fused-ring (bicyclic) bond motifs is 1. The van der Waals surface area contributed by atoms with Crippen LogP contribution in [-0.2, 0) is 4.79 Å². The minimum atomic E-state index is -0.459. The standard InChI is InChI=1S/C12H15N3O/c1-7(11(13)8(2)16)10-6-15-12-9(10)4-3-5-14-12/h3-7,11H,13H2,1-2H3,(H,14,15)/t7-,11-/m0/s1. The molecule has 0 saturated heterocycles. The Bertz CT molecular complexity index is 518.